The monoisotopic (exact) mass is 251 g/mol. The van der Waals surface area contributed by atoms with Gasteiger partial charge in [0.25, 0.3) is 0 Å². The topological polar surface area (TPSA) is 3.24 Å². The molecule has 0 amide bonds. The van der Waals surface area contributed by atoms with Gasteiger partial charge in [-0.25, -0.2) is 0 Å². The molecule has 0 saturated carbocycles. The maximum Gasteiger partial charge on any atom is 0.0351 e. The van der Waals surface area contributed by atoms with E-state index < -0.39 is 0 Å². The highest BCUT2D eigenvalue weighted by atomic mass is 15.2. The van der Waals surface area contributed by atoms with Crippen molar-refractivity contribution in [2.75, 3.05) is 6.54 Å². The molecule has 0 aliphatic carbocycles. The van der Waals surface area contributed by atoms with E-state index in [4.69, 9.17) is 0 Å². The van der Waals surface area contributed by atoms with Crippen molar-refractivity contribution in [3.63, 3.8) is 0 Å². The molecule has 1 nitrogen and oxygen atoms in total. The first-order valence-electron chi connectivity index (χ1n) is 7.26. The molecule has 1 heteroatoms. The van der Waals surface area contributed by atoms with Gasteiger partial charge in [0.2, 0.25) is 0 Å². The molecule has 0 radical (unpaired) electrons. The Morgan fingerprint density at radius 1 is 0.842 bits per heavy atom. The normalized spacial score (nSPS) is 20.3. The van der Waals surface area contributed by atoms with Gasteiger partial charge < -0.3 is 0 Å². The standard InChI is InChI=1S/C18H21N/c1-3-9-16(10-4-1)15-19-14-8-7-13-18(19)17-11-5-2-6-12-17/h1-6,9-12,18H,7-8,13-15H2/t18-/m0/s1. The number of rotatable bonds is 3. The fraction of sp³-hybridized carbons (Fsp3) is 0.333. The van der Waals surface area contributed by atoms with E-state index in [1.807, 2.05) is 0 Å². The summed E-state index contributed by atoms with van der Waals surface area (Å²) in [7, 11) is 0. The Hall–Kier alpha value is -1.60. The lowest BCUT2D eigenvalue weighted by Crippen LogP contribution is -2.32. The van der Waals surface area contributed by atoms with Crippen LogP contribution in [0.4, 0.5) is 0 Å². The number of hydrogen-bond donors (Lipinski definition) is 0. The van der Waals surface area contributed by atoms with Crippen molar-refractivity contribution in [2.45, 2.75) is 31.8 Å². The van der Waals surface area contributed by atoms with Gasteiger partial charge in [-0.15, -0.1) is 0 Å². The fourth-order valence-corrected chi connectivity index (χ4v) is 3.05. The van der Waals surface area contributed by atoms with Crippen LogP contribution in [0.5, 0.6) is 0 Å². The van der Waals surface area contributed by atoms with Crippen LogP contribution in [0.2, 0.25) is 0 Å². The summed E-state index contributed by atoms with van der Waals surface area (Å²) in [6, 6.07) is 22.4. The minimum absolute atomic E-state index is 0.593. The van der Waals surface area contributed by atoms with Crippen molar-refractivity contribution in [3.8, 4) is 0 Å². The molecule has 2 aromatic carbocycles. The Labute approximate surface area is 115 Å². The Kier molecular flexibility index (Phi) is 3.95. The molecule has 0 unspecified atom stereocenters. The third-order valence-corrected chi connectivity index (χ3v) is 4.03. The molecular formula is C18H21N. The van der Waals surface area contributed by atoms with E-state index in [1.54, 1.807) is 0 Å². The van der Waals surface area contributed by atoms with Crippen LogP contribution in [0, 0.1) is 0 Å². The van der Waals surface area contributed by atoms with Crippen molar-refractivity contribution in [1.29, 1.82) is 0 Å². The molecule has 0 bridgehead atoms. The van der Waals surface area contributed by atoms with Gasteiger partial charge in [-0.05, 0) is 30.5 Å². The molecule has 19 heavy (non-hydrogen) atoms. The summed E-state index contributed by atoms with van der Waals surface area (Å²) in [4.78, 5) is 2.63. The number of benzene rings is 2. The van der Waals surface area contributed by atoms with E-state index in [0.717, 1.165) is 6.54 Å². The molecule has 0 N–H and O–H groups in total. The van der Waals surface area contributed by atoms with Gasteiger partial charge in [0.05, 0.1) is 0 Å². The third-order valence-electron chi connectivity index (χ3n) is 4.03. The van der Waals surface area contributed by atoms with Crippen molar-refractivity contribution >= 4 is 0 Å². The van der Waals surface area contributed by atoms with Gasteiger partial charge in [0.1, 0.15) is 0 Å². The van der Waals surface area contributed by atoms with Crippen LogP contribution in [-0.4, -0.2) is 11.4 Å². The van der Waals surface area contributed by atoms with Crippen LogP contribution < -0.4 is 0 Å². The van der Waals surface area contributed by atoms with Crippen LogP contribution >= 0.6 is 0 Å². The summed E-state index contributed by atoms with van der Waals surface area (Å²) in [5.74, 6) is 0. The van der Waals surface area contributed by atoms with Gasteiger partial charge in [0.15, 0.2) is 0 Å². The quantitative estimate of drug-likeness (QED) is 0.781. The summed E-state index contributed by atoms with van der Waals surface area (Å²) in [6.45, 7) is 2.29. The summed E-state index contributed by atoms with van der Waals surface area (Å²) in [5, 5.41) is 0. The first kappa shape index (κ1) is 12.4. The zero-order valence-electron chi connectivity index (χ0n) is 11.3. The van der Waals surface area contributed by atoms with Gasteiger partial charge in [0, 0.05) is 12.6 Å². The lowest BCUT2D eigenvalue weighted by atomic mass is 9.95. The van der Waals surface area contributed by atoms with Crippen LogP contribution in [0.15, 0.2) is 60.7 Å². The molecular weight excluding hydrogens is 230 g/mol. The minimum Gasteiger partial charge on any atom is -0.292 e. The van der Waals surface area contributed by atoms with E-state index in [0.29, 0.717) is 6.04 Å². The number of nitrogens with zero attached hydrogens (tertiary/aromatic N) is 1. The van der Waals surface area contributed by atoms with Crippen molar-refractivity contribution < 1.29 is 0 Å². The molecule has 1 aliphatic rings. The second-order valence-electron chi connectivity index (χ2n) is 5.38. The maximum atomic E-state index is 2.63. The second-order valence-corrected chi connectivity index (χ2v) is 5.38. The largest absolute Gasteiger partial charge is 0.292 e. The van der Waals surface area contributed by atoms with E-state index in [2.05, 4.69) is 65.6 Å². The lowest BCUT2D eigenvalue weighted by molar-refractivity contribution is 0.140. The van der Waals surface area contributed by atoms with E-state index in [9.17, 15) is 0 Å². The highest BCUT2D eigenvalue weighted by Gasteiger charge is 2.23. The molecule has 0 spiro atoms. The molecule has 1 atom stereocenters. The Morgan fingerprint density at radius 2 is 1.53 bits per heavy atom. The molecule has 2 aromatic rings. The smallest absolute Gasteiger partial charge is 0.0351 e. The molecule has 1 heterocycles. The van der Waals surface area contributed by atoms with Crippen molar-refractivity contribution in [3.05, 3.63) is 71.8 Å². The van der Waals surface area contributed by atoms with Gasteiger partial charge in [-0.3, -0.25) is 4.90 Å². The SMILES string of the molecule is c1ccc(CN2CCCC[C@H]2c2ccccc2)cc1. The maximum absolute atomic E-state index is 2.63. The summed E-state index contributed by atoms with van der Waals surface area (Å²) in [6.07, 6.45) is 3.97. The first-order valence-corrected chi connectivity index (χ1v) is 7.26. The van der Waals surface area contributed by atoms with E-state index in [-0.39, 0.29) is 0 Å². The van der Waals surface area contributed by atoms with E-state index in [1.165, 1.54) is 36.9 Å². The molecule has 3 rings (SSSR count). The fourth-order valence-electron chi connectivity index (χ4n) is 3.05. The molecule has 0 aromatic heterocycles. The average molecular weight is 251 g/mol. The molecule has 1 fully saturated rings. The predicted octanol–water partition coefficient (Wildman–Crippen LogP) is 4.41. The second kappa shape index (κ2) is 6.03. The van der Waals surface area contributed by atoms with E-state index >= 15 is 0 Å². The average Bonchev–Trinajstić information content (AvgIpc) is 2.50. The van der Waals surface area contributed by atoms with Gasteiger partial charge in [-0.2, -0.15) is 0 Å². The van der Waals surface area contributed by atoms with Crippen molar-refractivity contribution in [1.82, 2.24) is 4.90 Å². The van der Waals surface area contributed by atoms with Crippen LogP contribution in [0.3, 0.4) is 0 Å². The van der Waals surface area contributed by atoms with Gasteiger partial charge >= 0.3 is 0 Å². The summed E-state index contributed by atoms with van der Waals surface area (Å²) >= 11 is 0. The molecule has 1 saturated heterocycles. The highest BCUT2D eigenvalue weighted by molar-refractivity contribution is 5.21. The zero-order valence-corrected chi connectivity index (χ0v) is 11.3. The summed E-state index contributed by atoms with van der Waals surface area (Å²) in [5.41, 5.74) is 2.89. The van der Waals surface area contributed by atoms with Crippen LogP contribution in [0.1, 0.15) is 36.4 Å². The Bertz CT molecular complexity index is 492. The minimum atomic E-state index is 0.593. The van der Waals surface area contributed by atoms with Crippen LogP contribution in [-0.2, 0) is 6.54 Å². The number of likely N-dealkylation sites (tertiary alicyclic amines) is 1. The Balaban J connectivity index is 1.78. The Morgan fingerprint density at radius 3 is 2.26 bits per heavy atom. The predicted molar refractivity (Wildman–Crippen MR) is 79.9 cm³/mol. The number of hydrogen-bond acceptors (Lipinski definition) is 1. The zero-order chi connectivity index (χ0) is 12.9. The summed E-state index contributed by atoms with van der Waals surface area (Å²) < 4.78 is 0. The highest BCUT2D eigenvalue weighted by Crippen LogP contribution is 2.31. The van der Waals surface area contributed by atoms with Gasteiger partial charge in [-0.1, -0.05) is 67.1 Å². The molecule has 1 aliphatic heterocycles. The third kappa shape index (κ3) is 3.05. The number of piperidine rings is 1. The van der Waals surface area contributed by atoms with Crippen LogP contribution in [0.25, 0.3) is 0 Å². The first-order chi connectivity index (χ1) is 9.43. The lowest BCUT2D eigenvalue weighted by Gasteiger charge is -2.36. The van der Waals surface area contributed by atoms with Crippen molar-refractivity contribution in [2.24, 2.45) is 0 Å². The molecule has 98 valence electrons.